The fourth-order valence-corrected chi connectivity index (χ4v) is 2.90. The van der Waals surface area contributed by atoms with Gasteiger partial charge in [-0.2, -0.15) is 0 Å². The molecule has 4 nitrogen and oxygen atoms in total. The van der Waals surface area contributed by atoms with Gasteiger partial charge in [0.2, 0.25) is 0 Å². The van der Waals surface area contributed by atoms with Crippen molar-refractivity contribution < 1.29 is 9.53 Å². The maximum atomic E-state index is 12.2. The highest BCUT2D eigenvalue weighted by atomic mass is 16.6. The van der Waals surface area contributed by atoms with E-state index in [4.69, 9.17) is 4.74 Å². The molecule has 21 heavy (non-hydrogen) atoms. The van der Waals surface area contributed by atoms with Crippen molar-refractivity contribution in [2.75, 3.05) is 19.6 Å². The van der Waals surface area contributed by atoms with Crippen LogP contribution in [-0.4, -0.2) is 42.3 Å². The number of amides is 1. The molecule has 1 aliphatic heterocycles. The molecule has 1 saturated heterocycles. The monoisotopic (exact) mass is 298 g/mol. The Balaban J connectivity index is 2.52. The molecule has 0 aromatic rings. The lowest BCUT2D eigenvalue weighted by atomic mass is 9.81. The van der Waals surface area contributed by atoms with E-state index in [0.29, 0.717) is 6.04 Å². The van der Waals surface area contributed by atoms with E-state index in [1.54, 1.807) is 0 Å². The van der Waals surface area contributed by atoms with Crippen LogP contribution in [0.1, 0.15) is 67.2 Å². The summed E-state index contributed by atoms with van der Waals surface area (Å²) >= 11 is 0. The van der Waals surface area contributed by atoms with Crippen molar-refractivity contribution in [1.82, 2.24) is 10.2 Å². The highest BCUT2D eigenvalue weighted by molar-refractivity contribution is 5.68. The van der Waals surface area contributed by atoms with Crippen LogP contribution < -0.4 is 5.32 Å². The molecule has 1 amide bonds. The molecule has 124 valence electrons. The van der Waals surface area contributed by atoms with Gasteiger partial charge in [-0.15, -0.1) is 0 Å². The Morgan fingerprint density at radius 1 is 1.43 bits per heavy atom. The predicted molar refractivity (Wildman–Crippen MR) is 87.5 cm³/mol. The third-order valence-electron chi connectivity index (χ3n) is 4.03. The SMILES string of the molecule is CCCC(C)NCC1(C)CCCN(C(=O)OC(C)(C)C)C1. The summed E-state index contributed by atoms with van der Waals surface area (Å²) in [4.78, 5) is 14.1. The Kier molecular flexibility index (Phi) is 6.51. The summed E-state index contributed by atoms with van der Waals surface area (Å²) in [5, 5.41) is 3.62. The maximum Gasteiger partial charge on any atom is 0.410 e. The number of likely N-dealkylation sites (tertiary alicyclic amines) is 1. The molecule has 1 rings (SSSR count). The second-order valence-corrected chi connectivity index (χ2v) is 7.89. The Morgan fingerprint density at radius 3 is 2.67 bits per heavy atom. The molecule has 4 heteroatoms. The van der Waals surface area contributed by atoms with Crippen LogP contribution in [0.2, 0.25) is 0 Å². The standard InChI is InChI=1S/C17H34N2O2/c1-7-9-14(2)18-12-17(6)10-8-11-19(13-17)15(20)21-16(3,4)5/h14,18H,7-13H2,1-6H3. The van der Waals surface area contributed by atoms with Crippen molar-refractivity contribution in [3.63, 3.8) is 0 Å². The second-order valence-electron chi connectivity index (χ2n) is 7.89. The van der Waals surface area contributed by atoms with Crippen molar-refractivity contribution in [1.29, 1.82) is 0 Å². The molecule has 2 unspecified atom stereocenters. The summed E-state index contributed by atoms with van der Waals surface area (Å²) in [5.41, 5.74) is -0.268. The van der Waals surface area contributed by atoms with Crippen LogP contribution in [0.5, 0.6) is 0 Å². The van der Waals surface area contributed by atoms with Gasteiger partial charge in [0.1, 0.15) is 5.60 Å². The molecule has 0 aliphatic carbocycles. The summed E-state index contributed by atoms with van der Waals surface area (Å²) in [7, 11) is 0. The minimum Gasteiger partial charge on any atom is -0.444 e. The molecule has 0 saturated carbocycles. The fourth-order valence-electron chi connectivity index (χ4n) is 2.90. The molecule has 1 N–H and O–H groups in total. The zero-order valence-corrected chi connectivity index (χ0v) is 14.8. The van der Waals surface area contributed by atoms with Gasteiger partial charge >= 0.3 is 6.09 Å². The lowest BCUT2D eigenvalue weighted by Crippen LogP contribution is -2.51. The van der Waals surface area contributed by atoms with E-state index in [2.05, 4.69) is 26.1 Å². The molecule has 0 bridgehead atoms. The number of ether oxygens (including phenoxy) is 1. The lowest BCUT2D eigenvalue weighted by Gasteiger charge is -2.41. The largest absolute Gasteiger partial charge is 0.444 e. The van der Waals surface area contributed by atoms with Gasteiger partial charge in [-0.25, -0.2) is 4.79 Å². The Labute approximate surface area is 130 Å². The van der Waals surface area contributed by atoms with Gasteiger partial charge in [-0.05, 0) is 52.4 Å². The number of hydrogen-bond donors (Lipinski definition) is 1. The van der Waals surface area contributed by atoms with Crippen molar-refractivity contribution in [2.45, 2.75) is 78.9 Å². The molecule has 2 atom stereocenters. The van der Waals surface area contributed by atoms with Gasteiger partial charge in [0.15, 0.2) is 0 Å². The second kappa shape index (κ2) is 7.48. The molecular formula is C17H34N2O2. The normalized spacial score (nSPS) is 24.8. The molecule has 1 aliphatic rings. The van der Waals surface area contributed by atoms with Crippen LogP contribution in [0.3, 0.4) is 0 Å². The number of hydrogen-bond acceptors (Lipinski definition) is 3. The van der Waals surface area contributed by atoms with E-state index in [1.165, 1.54) is 12.8 Å². The van der Waals surface area contributed by atoms with E-state index < -0.39 is 5.60 Å². The zero-order valence-electron chi connectivity index (χ0n) is 14.8. The predicted octanol–water partition coefficient (Wildman–Crippen LogP) is 3.80. The van der Waals surface area contributed by atoms with Crippen LogP contribution in [0, 0.1) is 5.41 Å². The van der Waals surface area contributed by atoms with Crippen LogP contribution in [0.15, 0.2) is 0 Å². The van der Waals surface area contributed by atoms with Crippen LogP contribution in [-0.2, 0) is 4.74 Å². The zero-order chi connectivity index (χ0) is 16.1. The molecule has 0 aromatic carbocycles. The van der Waals surface area contributed by atoms with Crippen molar-refractivity contribution in [3.8, 4) is 0 Å². The first kappa shape index (κ1) is 18.3. The average Bonchev–Trinajstić information content (AvgIpc) is 2.35. The summed E-state index contributed by atoms with van der Waals surface area (Å²) in [6.45, 7) is 15.0. The van der Waals surface area contributed by atoms with Crippen molar-refractivity contribution in [3.05, 3.63) is 0 Å². The van der Waals surface area contributed by atoms with Crippen molar-refractivity contribution >= 4 is 6.09 Å². The lowest BCUT2D eigenvalue weighted by molar-refractivity contribution is 0.00651. The number of piperidine rings is 1. The molecular weight excluding hydrogens is 264 g/mol. The Morgan fingerprint density at radius 2 is 2.10 bits per heavy atom. The highest BCUT2D eigenvalue weighted by Crippen LogP contribution is 2.29. The van der Waals surface area contributed by atoms with E-state index in [9.17, 15) is 4.79 Å². The van der Waals surface area contributed by atoms with E-state index in [0.717, 1.165) is 32.5 Å². The Bertz CT molecular complexity index is 338. The third-order valence-corrected chi connectivity index (χ3v) is 4.03. The molecule has 0 spiro atoms. The van der Waals surface area contributed by atoms with E-state index in [1.807, 2.05) is 25.7 Å². The topological polar surface area (TPSA) is 41.6 Å². The smallest absolute Gasteiger partial charge is 0.410 e. The van der Waals surface area contributed by atoms with Gasteiger partial charge in [-0.3, -0.25) is 0 Å². The van der Waals surface area contributed by atoms with Gasteiger partial charge in [-0.1, -0.05) is 20.3 Å². The fraction of sp³-hybridized carbons (Fsp3) is 0.941. The van der Waals surface area contributed by atoms with Crippen LogP contribution >= 0.6 is 0 Å². The van der Waals surface area contributed by atoms with Gasteiger partial charge in [0.25, 0.3) is 0 Å². The summed E-state index contributed by atoms with van der Waals surface area (Å²) in [6, 6.07) is 0.545. The van der Waals surface area contributed by atoms with Gasteiger partial charge < -0.3 is 15.0 Å². The number of nitrogens with one attached hydrogen (secondary N) is 1. The summed E-state index contributed by atoms with van der Waals surface area (Å²) < 4.78 is 5.50. The number of carbonyl (C=O) groups excluding carboxylic acids is 1. The third kappa shape index (κ3) is 6.68. The minimum atomic E-state index is -0.418. The van der Waals surface area contributed by atoms with E-state index >= 15 is 0 Å². The molecule has 1 heterocycles. The molecule has 0 radical (unpaired) electrons. The van der Waals surface area contributed by atoms with E-state index in [-0.39, 0.29) is 11.5 Å². The molecule has 0 aromatic heterocycles. The Hall–Kier alpha value is -0.770. The van der Waals surface area contributed by atoms with Gasteiger partial charge in [0.05, 0.1) is 0 Å². The van der Waals surface area contributed by atoms with Crippen LogP contribution in [0.4, 0.5) is 4.79 Å². The van der Waals surface area contributed by atoms with Crippen molar-refractivity contribution in [2.24, 2.45) is 5.41 Å². The van der Waals surface area contributed by atoms with Gasteiger partial charge in [0, 0.05) is 25.7 Å². The van der Waals surface area contributed by atoms with Crippen LogP contribution in [0.25, 0.3) is 0 Å². The highest BCUT2D eigenvalue weighted by Gasteiger charge is 2.34. The first-order valence-electron chi connectivity index (χ1n) is 8.36. The first-order chi connectivity index (χ1) is 9.65. The quantitative estimate of drug-likeness (QED) is 0.839. The number of nitrogens with zero attached hydrogens (tertiary/aromatic N) is 1. The first-order valence-corrected chi connectivity index (χ1v) is 8.36. The number of carbonyl (C=O) groups is 1. The minimum absolute atomic E-state index is 0.150. The summed E-state index contributed by atoms with van der Waals surface area (Å²) in [6.07, 6.45) is 4.45. The number of rotatable bonds is 5. The average molecular weight is 298 g/mol. The molecule has 1 fully saturated rings. The maximum absolute atomic E-state index is 12.2. The summed E-state index contributed by atoms with van der Waals surface area (Å²) in [5.74, 6) is 0.